The largest absolute Gasteiger partial charge is 0.497 e. The van der Waals surface area contributed by atoms with Gasteiger partial charge in [0.1, 0.15) is 23.1 Å². The Morgan fingerprint density at radius 3 is 2.40 bits per heavy atom. The van der Waals surface area contributed by atoms with Crippen molar-refractivity contribution in [2.45, 2.75) is 39.3 Å². The molecule has 2 unspecified atom stereocenters. The highest BCUT2D eigenvalue weighted by molar-refractivity contribution is 7.22. The van der Waals surface area contributed by atoms with Crippen LogP contribution in [0.5, 0.6) is 5.75 Å². The Hall–Kier alpha value is -2.93. The van der Waals surface area contributed by atoms with E-state index in [1.807, 2.05) is 48.5 Å². The second-order valence-corrected chi connectivity index (χ2v) is 9.04. The van der Waals surface area contributed by atoms with Gasteiger partial charge in [-0.1, -0.05) is 41.7 Å². The maximum Gasteiger partial charge on any atom is 0.319 e. The first-order valence-electron chi connectivity index (χ1n) is 9.67. The van der Waals surface area contributed by atoms with Gasteiger partial charge < -0.3 is 14.8 Å². The molecule has 2 aromatic carbocycles. The number of nitrogens with one attached hydrogen (secondary N) is 1. The van der Waals surface area contributed by atoms with E-state index in [4.69, 9.17) is 9.47 Å². The average molecular weight is 427 g/mol. The van der Waals surface area contributed by atoms with Crippen LogP contribution in [-0.4, -0.2) is 29.4 Å². The van der Waals surface area contributed by atoms with Gasteiger partial charge in [0.15, 0.2) is 5.13 Å². The molecular formula is C23H26N2O4S. The maximum atomic E-state index is 12.9. The van der Waals surface area contributed by atoms with Gasteiger partial charge in [-0.3, -0.25) is 9.59 Å². The van der Waals surface area contributed by atoms with Crippen LogP contribution in [0, 0.1) is 5.92 Å². The number of ether oxygens (including phenoxy) is 2. The topological polar surface area (TPSA) is 77.5 Å². The number of carbonyl (C=O) groups excluding carboxylic acids is 2. The monoisotopic (exact) mass is 426 g/mol. The molecule has 0 aliphatic heterocycles. The zero-order chi connectivity index (χ0) is 21.9. The normalized spacial score (nSPS) is 13.5. The quantitative estimate of drug-likeness (QED) is 0.423. The van der Waals surface area contributed by atoms with Crippen LogP contribution in [0.25, 0.3) is 10.2 Å². The number of hydrogen-bond acceptors (Lipinski definition) is 7. The fourth-order valence-electron chi connectivity index (χ4n) is 3.15. The van der Waals surface area contributed by atoms with E-state index in [9.17, 15) is 9.59 Å². The molecule has 30 heavy (non-hydrogen) atoms. The van der Waals surface area contributed by atoms with E-state index in [0.717, 1.165) is 21.5 Å². The van der Waals surface area contributed by atoms with Crippen LogP contribution < -0.4 is 10.1 Å². The summed E-state index contributed by atoms with van der Waals surface area (Å²) in [7, 11) is 1.62. The molecular weight excluding hydrogens is 400 g/mol. The number of thiazole rings is 1. The number of anilines is 1. The molecule has 0 radical (unpaired) electrons. The summed E-state index contributed by atoms with van der Waals surface area (Å²) < 4.78 is 11.8. The van der Waals surface area contributed by atoms with E-state index in [1.54, 1.807) is 27.9 Å². The number of aromatic nitrogens is 1. The minimum Gasteiger partial charge on any atom is -0.497 e. The molecule has 1 N–H and O–H groups in total. The van der Waals surface area contributed by atoms with Gasteiger partial charge in [0.05, 0.1) is 23.4 Å². The van der Waals surface area contributed by atoms with Crippen molar-refractivity contribution in [3.8, 4) is 5.75 Å². The molecule has 3 rings (SSSR count). The van der Waals surface area contributed by atoms with Crippen LogP contribution in [0.3, 0.4) is 0 Å². The Bertz CT molecular complexity index is 1040. The lowest BCUT2D eigenvalue weighted by molar-refractivity contribution is -0.162. The predicted octanol–water partition coefficient (Wildman–Crippen LogP) is 5.01. The number of fused-ring (bicyclic) bond motifs is 1. The van der Waals surface area contributed by atoms with E-state index in [-0.39, 0.29) is 5.78 Å². The van der Waals surface area contributed by atoms with Crippen molar-refractivity contribution in [2.75, 3.05) is 12.4 Å². The Balaban J connectivity index is 2.00. The zero-order valence-electron chi connectivity index (χ0n) is 17.8. The molecule has 0 aliphatic carbocycles. The van der Waals surface area contributed by atoms with Gasteiger partial charge >= 0.3 is 5.97 Å². The summed E-state index contributed by atoms with van der Waals surface area (Å²) in [4.78, 5) is 30.1. The van der Waals surface area contributed by atoms with E-state index in [1.165, 1.54) is 18.3 Å². The highest BCUT2D eigenvalue weighted by Gasteiger charge is 2.37. The zero-order valence-corrected chi connectivity index (χ0v) is 18.6. The third-order valence-corrected chi connectivity index (χ3v) is 5.41. The number of rotatable bonds is 7. The number of hydrogen-bond donors (Lipinski definition) is 1. The first kappa shape index (κ1) is 21.8. The average Bonchev–Trinajstić information content (AvgIpc) is 3.08. The number of benzene rings is 2. The van der Waals surface area contributed by atoms with Crippen LogP contribution in [0.1, 0.15) is 39.3 Å². The number of Topliss-reactive ketones (excluding diaryl/α,β-unsaturated/α-hetero) is 1. The Labute approximate surface area is 180 Å². The van der Waals surface area contributed by atoms with E-state index in [0.29, 0.717) is 5.13 Å². The summed E-state index contributed by atoms with van der Waals surface area (Å²) in [6, 6.07) is 14.4. The standard InChI is InChI=1S/C23H26N2O4S/c1-14(26)19(21(27)29-23(2,3)4)20(15-9-7-6-8-10-15)25-22-24-17-12-11-16(28-5)13-18(17)30-22/h6-13,19-20H,1-5H3,(H,24,25). The van der Waals surface area contributed by atoms with Gasteiger partial charge in [0.2, 0.25) is 0 Å². The molecule has 1 heterocycles. The second-order valence-electron chi connectivity index (χ2n) is 8.01. The summed E-state index contributed by atoms with van der Waals surface area (Å²) in [6.45, 7) is 6.77. The van der Waals surface area contributed by atoms with Crippen molar-refractivity contribution in [1.29, 1.82) is 0 Å². The number of methoxy groups -OCH3 is 1. The molecule has 6 nitrogen and oxygen atoms in total. The van der Waals surface area contributed by atoms with Crippen LogP contribution in [0.4, 0.5) is 5.13 Å². The van der Waals surface area contributed by atoms with E-state index >= 15 is 0 Å². The van der Waals surface area contributed by atoms with E-state index in [2.05, 4.69) is 10.3 Å². The van der Waals surface area contributed by atoms with Crippen LogP contribution >= 0.6 is 11.3 Å². The van der Waals surface area contributed by atoms with Gasteiger partial charge in [-0.2, -0.15) is 0 Å². The molecule has 0 fully saturated rings. The van der Waals surface area contributed by atoms with Crippen molar-refractivity contribution in [2.24, 2.45) is 5.92 Å². The molecule has 158 valence electrons. The maximum absolute atomic E-state index is 12.9. The minimum atomic E-state index is -1.01. The number of esters is 1. The van der Waals surface area contributed by atoms with Gasteiger partial charge in [-0.25, -0.2) is 4.98 Å². The van der Waals surface area contributed by atoms with Crippen molar-refractivity contribution < 1.29 is 19.1 Å². The lowest BCUT2D eigenvalue weighted by Gasteiger charge is -2.28. The molecule has 7 heteroatoms. The smallest absolute Gasteiger partial charge is 0.319 e. The Morgan fingerprint density at radius 1 is 1.10 bits per heavy atom. The van der Waals surface area contributed by atoms with Gasteiger partial charge in [0.25, 0.3) is 0 Å². The summed E-state index contributed by atoms with van der Waals surface area (Å²) >= 11 is 1.44. The van der Waals surface area contributed by atoms with Crippen molar-refractivity contribution in [1.82, 2.24) is 4.98 Å². The first-order valence-corrected chi connectivity index (χ1v) is 10.5. The number of carbonyl (C=O) groups is 2. The molecule has 0 aliphatic rings. The van der Waals surface area contributed by atoms with Crippen molar-refractivity contribution >= 4 is 38.4 Å². The minimum absolute atomic E-state index is 0.270. The van der Waals surface area contributed by atoms with Crippen LogP contribution in [-0.2, 0) is 14.3 Å². The fourth-order valence-corrected chi connectivity index (χ4v) is 4.08. The number of ketones is 1. The Morgan fingerprint density at radius 2 is 1.80 bits per heavy atom. The fraction of sp³-hybridized carbons (Fsp3) is 0.348. The summed E-state index contributed by atoms with van der Waals surface area (Å²) in [5, 5.41) is 3.93. The third-order valence-electron chi connectivity index (χ3n) is 4.47. The van der Waals surface area contributed by atoms with Crippen molar-refractivity contribution in [3.63, 3.8) is 0 Å². The van der Waals surface area contributed by atoms with E-state index < -0.39 is 23.5 Å². The second kappa shape index (κ2) is 8.83. The molecule has 0 saturated heterocycles. The molecule has 2 atom stereocenters. The summed E-state index contributed by atoms with van der Waals surface area (Å²) in [6.07, 6.45) is 0. The molecule has 3 aromatic rings. The molecule has 0 bridgehead atoms. The first-order chi connectivity index (χ1) is 14.2. The highest BCUT2D eigenvalue weighted by atomic mass is 32.1. The molecule has 0 saturated carbocycles. The highest BCUT2D eigenvalue weighted by Crippen LogP contribution is 2.34. The molecule has 0 amide bonds. The Kier molecular flexibility index (Phi) is 6.41. The van der Waals surface area contributed by atoms with Gasteiger partial charge in [0, 0.05) is 0 Å². The predicted molar refractivity (Wildman–Crippen MR) is 119 cm³/mol. The van der Waals surface area contributed by atoms with Crippen molar-refractivity contribution in [3.05, 3.63) is 54.1 Å². The molecule has 1 aromatic heterocycles. The molecule has 0 spiro atoms. The van der Waals surface area contributed by atoms with Crippen LogP contribution in [0.15, 0.2) is 48.5 Å². The van der Waals surface area contributed by atoms with Gasteiger partial charge in [-0.05, 0) is 51.5 Å². The summed E-state index contributed by atoms with van der Waals surface area (Å²) in [5.41, 5.74) is 0.922. The van der Waals surface area contributed by atoms with Crippen LogP contribution in [0.2, 0.25) is 0 Å². The SMILES string of the molecule is COc1ccc2nc(NC(c3ccccc3)C(C(C)=O)C(=O)OC(C)(C)C)sc2c1. The van der Waals surface area contributed by atoms with Gasteiger partial charge in [-0.15, -0.1) is 0 Å². The summed E-state index contributed by atoms with van der Waals surface area (Å²) in [5.74, 6) is -1.09. The third kappa shape index (κ3) is 5.16. The number of nitrogens with zero attached hydrogens (tertiary/aromatic N) is 1. The lowest BCUT2D eigenvalue weighted by atomic mass is 9.90. The lowest BCUT2D eigenvalue weighted by Crippen LogP contribution is -2.38.